The van der Waals surface area contributed by atoms with Gasteiger partial charge >= 0.3 is 0 Å². The van der Waals surface area contributed by atoms with E-state index in [1.54, 1.807) is 6.20 Å². The molecule has 0 saturated carbocycles. The van der Waals surface area contributed by atoms with Crippen molar-refractivity contribution in [1.82, 2.24) is 20.2 Å². The highest BCUT2D eigenvalue weighted by Gasteiger charge is 2.02. The smallest absolute Gasteiger partial charge is 0.191 e. The standard InChI is InChI=1S/C8H13N5/c1-2-11-8(10-1)12-4-6-13-5-3-9-7-13/h3,5,7H,1-2,4,6H2,(H2,10,11,12). The lowest BCUT2D eigenvalue weighted by atomic mass is 10.6. The zero-order chi connectivity index (χ0) is 8.93. The molecule has 0 atom stereocenters. The summed E-state index contributed by atoms with van der Waals surface area (Å²) in [6.07, 6.45) is 5.54. The summed E-state index contributed by atoms with van der Waals surface area (Å²) in [6, 6.07) is 0. The van der Waals surface area contributed by atoms with Crippen molar-refractivity contribution < 1.29 is 0 Å². The lowest BCUT2D eigenvalue weighted by Crippen LogP contribution is -2.35. The van der Waals surface area contributed by atoms with Crippen molar-refractivity contribution in [3.63, 3.8) is 0 Å². The lowest BCUT2D eigenvalue weighted by molar-refractivity contribution is 0.668. The van der Waals surface area contributed by atoms with Crippen LogP contribution in [0.1, 0.15) is 0 Å². The van der Waals surface area contributed by atoms with Crippen LogP contribution in [0, 0.1) is 0 Å². The van der Waals surface area contributed by atoms with Crippen molar-refractivity contribution in [2.75, 3.05) is 19.6 Å². The minimum Gasteiger partial charge on any atom is -0.355 e. The van der Waals surface area contributed by atoms with Gasteiger partial charge in [-0.2, -0.15) is 0 Å². The molecule has 1 aliphatic rings. The molecule has 2 heterocycles. The fourth-order valence-corrected chi connectivity index (χ4v) is 1.24. The Morgan fingerprint density at radius 3 is 3.31 bits per heavy atom. The first kappa shape index (κ1) is 8.10. The SMILES string of the molecule is c1cn(CCNC2=NCCN2)cn1. The van der Waals surface area contributed by atoms with Crippen LogP contribution in [0.25, 0.3) is 0 Å². The lowest BCUT2D eigenvalue weighted by Gasteiger charge is -2.06. The fourth-order valence-electron chi connectivity index (χ4n) is 1.24. The Balaban J connectivity index is 1.69. The van der Waals surface area contributed by atoms with Crippen LogP contribution in [0.3, 0.4) is 0 Å². The maximum Gasteiger partial charge on any atom is 0.191 e. The largest absolute Gasteiger partial charge is 0.355 e. The van der Waals surface area contributed by atoms with Gasteiger partial charge in [0, 0.05) is 32.0 Å². The van der Waals surface area contributed by atoms with E-state index >= 15 is 0 Å². The molecule has 2 rings (SSSR count). The summed E-state index contributed by atoms with van der Waals surface area (Å²) in [4.78, 5) is 8.19. The van der Waals surface area contributed by atoms with Crippen LogP contribution in [0.15, 0.2) is 23.7 Å². The maximum atomic E-state index is 4.22. The third-order valence-corrected chi connectivity index (χ3v) is 1.90. The summed E-state index contributed by atoms with van der Waals surface area (Å²) in [7, 11) is 0. The van der Waals surface area contributed by atoms with Gasteiger partial charge in [-0.1, -0.05) is 0 Å². The molecule has 0 spiro atoms. The summed E-state index contributed by atoms with van der Waals surface area (Å²) in [6.45, 7) is 3.63. The molecule has 1 aromatic rings. The first-order valence-electron chi connectivity index (χ1n) is 4.43. The Morgan fingerprint density at radius 1 is 1.62 bits per heavy atom. The molecule has 5 nitrogen and oxygen atoms in total. The Hall–Kier alpha value is -1.52. The normalized spacial score (nSPS) is 15.2. The van der Waals surface area contributed by atoms with E-state index < -0.39 is 0 Å². The van der Waals surface area contributed by atoms with Crippen LogP contribution in [-0.2, 0) is 6.54 Å². The monoisotopic (exact) mass is 179 g/mol. The molecule has 0 saturated heterocycles. The quantitative estimate of drug-likeness (QED) is 0.653. The number of hydrogen-bond acceptors (Lipinski definition) is 4. The highest BCUT2D eigenvalue weighted by Crippen LogP contribution is 1.85. The van der Waals surface area contributed by atoms with E-state index in [0.717, 1.165) is 32.1 Å². The van der Waals surface area contributed by atoms with Crippen LogP contribution < -0.4 is 10.6 Å². The number of nitrogens with zero attached hydrogens (tertiary/aromatic N) is 3. The van der Waals surface area contributed by atoms with Gasteiger partial charge in [0.2, 0.25) is 0 Å². The third kappa shape index (κ3) is 2.21. The molecular weight excluding hydrogens is 166 g/mol. The number of hydrogen-bond donors (Lipinski definition) is 2. The second-order valence-corrected chi connectivity index (χ2v) is 2.88. The van der Waals surface area contributed by atoms with Gasteiger partial charge in [-0.25, -0.2) is 4.98 Å². The molecule has 5 heteroatoms. The van der Waals surface area contributed by atoms with Gasteiger partial charge in [0.25, 0.3) is 0 Å². The molecule has 2 N–H and O–H groups in total. The average molecular weight is 179 g/mol. The fraction of sp³-hybridized carbons (Fsp3) is 0.500. The number of aliphatic imine (C=N–C) groups is 1. The van der Waals surface area contributed by atoms with Crippen LogP contribution in [0.4, 0.5) is 0 Å². The topological polar surface area (TPSA) is 54.2 Å². The molecule has 70 valence electrons. The number of aromatic nitrogens is 2. The van der Waals surface area contributed by atoms with Crippen LogP contribution in [0.5, 0.6) is 0 Å². The van der Waals surface area contributed by atoms with Crippen LogP contribution in [0.2, 0.25) is 0 Å². The van der Waals surface area contributed by atoms with Gasteiger partial charge in [-0.05, 0) is 0 Å². The summed E-state index contributed by atoms with van der Waals surface area (Å²) < 4.78 is 2.03. The number of imidazole rings is 1. The van der Waals surface area contributed by atoms with E-state index in [1.807, 2.05) is 17.1 Å². The Kier molecular flexibility index (Phi) is 2.45. The van der Waals surface area contributed by atoms with Crippen molar-refractivity contribution in [3.05, 3.63) is 18.7 Å². The first-order valence-corrected chi connectivity index (χ1v) is 4.43. The van der Waals surface area contributed by atoms with Gasteiger partial charge in [0.1, 0.15) is 0 Å². The molecule has 0 amide bonds. The summed E-state index contributed by atoms with van der Waals surface area (Å²) in [5.74, 6) is 0.917. The van der Waals surface area contributed by atoms with E-state index in [4.69, 9.17) is 0 Å². The van der Waals surface area contributed by atoms with Gasteiger partial charge in [0.05, 0.1) is 12.9 Å². The molecule has 13 heavy (non-hydrogen) atoms. The van der Waals surface area contributed by atoms with Gasteiger partial charge in [-0.3, -0.25) is 4.99 Å². The third-order valence-electron chi connectivity index (χ3n) is 1.90. The second kappa shape index (κ2) is 3.93. The molecule has 0 unspecified atom stereocenters. The Bertz CT molecular complexity index is 277. The van der Waals surface area contributed by atoms with Gasteiger partial charge in [-0.15, -0.1) is 0 Å². The van der Waals surface area contributed by atoms with E-state index in [-0.39, 0.29) is 0 Å². The van der Waals surface area contributed by atoms with E-state index in [1.165, 1.54) is 0 Å². The summed E-state index contributed by atoms with van der Waals surface area (Å²) >= 11 is 0. The molecule has 0 radical (unpaired) electrons. The Morgan fingerprint density at radius 2 is 2.62 bits per heavy atom. The van der Waals surface area contributed by atoms with Crippen LogP contribution in [-0.4, -0.2) is 35.1 Å². The predicted octanol–water partition coefficient (Wildman–Crippen LogP) is -0.568. The number of guanidine groups is 1. The predicted molar refractivity (Wildman–Crippen MR) is 50.5 cm³/mol. The minimum atomic E-state index is 0.877. The van der Waals surface area contributed by atoms with Crippen molar-refractivity contribution in [3.8, 4) is 0 Å². The molecule has 0 aromatic carbocycles. The van der Waals surface area contributed by atoms with Crippen molar-refractivity contribution in [1.29, 1.82) is 0 Å². The second-order valence-electron chi connectivity index (χ2n) is 2.88. The summed E-state index contributed by atoms with van der Waals surface area (Å²) in [5, 5.41) is 6.36. The zero-order valence-corrected chi connectivity index (χ0v) is 7.40. The molecule has 0 bridgehead atoms. The first-order chi connectivity index (χ1) is 6.45. The van der Waals surface area contributed by atoms with Crippen LogP contribution >= 0.6 is 0 Å². The number of rotatable bonds is 3. The highest BCUT2D eigenvalue weighted by molar-refractivity contribution is 5.81. The highest BCUT2D eigenvalue weighted by atomic mass is 15.2. The van der Waals surface area contributed by atoms with Gasteiger partial charge in [0.15, 0.2) is 5.96 Å². The van der Waals surface area contributed by atoms with Crippen molar-refractivity contribution >= 4 is 5.96 Å². The molecule has 0 fully saturated rings. The van der Waals surface area contributed by atoms with E-state index in [0.29, 0.717) is 0 Å². The van der Waals surface area contributed by atoms with Crippen molar-refractivity contribution in [2.24, 2.45) is 4.99 Å². The van der Waals surface area contributed by atoms with Crippen molar-refractivity contribution in [2.45, 2.75) is 6.54 Å². The number of nitrogens with one attached hydrogen (secondary N) is 2. The molecule has 1 aromatic heterocycles. The summed E-state index contributed by atoms with van der Waals surface area (Å²) in [5.41, 5.74) is 0. The molecule has 1 aliphatic heterocycles. The molecule has 0 aliphatic carbocycles. The van der Waals surface area contributed by atoms with Gasteiger partial charge < -0.3 is 15.2 Å². The zero-order valence-electron chi connectivity index (χ0n) is 7.40. The molecular formula is C8H13N5. The van der Waals surface area contributed by atoms with E-state index in [2.05, 4.69) is 20.6 Å². The Labute approximate surface area is 76.9 Å². The minimum absolute atomic E-state index is 0.877. The van der Waals surface area contributed by atoms with E-state index in [9.17, 15) is 0 Å². The maximum absolute atomic E-state index is 4.22. The average Bonchev–Trinajstić information content (AvgIpc) is 2.75.